The number of carboxylic acid groups (broad SMARTS) is 1. The molecule has 1 unspecified atom stereocenters. The molecule has 0 fully saturated rings. The van der Waals surface area contributed by atoms with Gasteiger partial charge in [-0.2, -0.15) is 0 Å². The number of benzene rings is 1. The summed E-state index contributed by atoms with van der Waals surface area (Å²) in [5.41, 5.74) is 0.366. The van der Waals surface area contributed by atoms with Gasteiger partial charge in [0.25, 0.3) is 0 Å². The summed E-state index contributed by atoms with van der Waals surface area (Å²) in [6.07, 6.45) is 0.437. The normalized spacial score (nSPS) is 14.3. The molecule has 0 saturated heterocycles. The van der Waals surface area contributed by atoms with E-state index in [9.17, 15) is 14.7 Å². The fraction of sp³-hybridized carbons (Fsp3) is 0.600. The summed E-state index contributed by atoms with van der Waals surface area (Å²) in [6, 6.07) is 8.29. The van der Waals surface area contributed by atoms with Gasteiger partial charge in [0, 0.05) is 17.7 Å². The average Bonchev–Trinajstić information content (AvgIpc) is 2.46. The first-order chi connectivity index (χ1) is 12.3. The highest BCUT2D eigenvalue weighted by atomic mass is 127. The molecular weight excluding hydrogens is 473 g/mol. The molecule has 5 nitrogen and oxygen atoms in total. The minimum absolute atomic E-state index is 0.457. The number of ether oxygens (including phenoxy) is 1. The number of alkyl carbamates (subject to hydrolysis) is 1. The zero-order valence-electron chi connectivity index (χ0n) is 17.1. The number of hydrogen-bond donors (Lipinski definition) is 2. The van der Waals surface area contributed by atoms with E-state index in [1.807, 2.05) is 24.3 Å². The van der Waals surface area contributed by atoms with Crippen LogP contribution in [0, 0.1) is 9.49 Å². The van der Waals surface area contributed by atoms with Crippen LogP contribution in [0.25, 0.3) is 0 Å². The predicted octanol–water partition coefficient (Wildman–Crippen LogP) is 5.16. The van der Waals surface area contributed by atoms with Crippen molar-refractivity contribution in [1.29, 1.82) is 0 Å². The summed E-state index contributed by atoms with van der Waals surface area (Å²) in [5.74, 6) is -1.52. The topological polar surface area (TPSA) is 75.6 Å². The van der Waals surface area contributed by atoms with Crippen LogP contribution in [-0.2, 0) is 16.0 Å². The molecule has 7 heteroatoms. The Morgan fingerprint density at radius 3 is 2.19 bits per heavy atom. The first-order valence-electron chi connectivity index (χ1n) is 9.23. The Labute approximate surface area is 177 Å². The van der Waals surface area contributed by atoms with E-state index in [4.69, 9.17) is 4.74 Å². The lowest BCUT2D eigenvalue weighted by Crippen LogP contribution is -2.47. The minimum atomic E-state index is -1.40. The number of amides is 1. The van der Waals surface area contributed by atoms with E-state index in [-0.39, 0.29) is 0 Å². The number of aliphatic carboxylic acids is 1. The van der Waals surface area contributed by atoms with E-state index in [2.05, 4.69) is 47.5 Å². The SMILES string of the molecule is CC(C)(C)OC(=O)NC(Cc1ccc(I)cc1)[C@H](CC[Si](C)(C)C)C(=O)O. The number of carbonyl (C=O) groups excluding carboxylic acids is 1. The van der Waals surface area contributed by atoms with Crippen molar-refractivity contribution in [2.45, 2.75) is 70.9 Å². The lowest BCUT2D eigenvalue weighted by atomic mass is 9.91. The second-order valence-electron chi connectivity index (χ2n) is 9.13. The summed E-state index contributed by atoms with van der Waals surface area (Å²) >= 11 is 2.23. The summed E-state index contributed by atoms with van der Waals surface area (Å²) in [7, 11) is -1.40. The van der Waals surface area contributed by atoms with Gasteiger partial charge in [-0.1, -0.05) is 37.8 Å². The Hall–Kier alpha value is -1.09. The molecule has 1 rings (SSSR count). The summed E-state index contributed by atoms with van der Waals surface area (Å²) < 4.78 is 6.48. The Kier molecular flexibility index (Phi) is 8.79. The third-order valence-corrected chi connectivity index (χ3v) is 6.59. The Morgan fingerprint density at radius 2 is 1.74 bits per heavy atom. The van der Waals surface area contributed by atoms with Crippen molar-refractivity contribution in [2.75, 3.05) is 0 Å². The average molecular weight is 505 g/mol. The van der Waals surface area contributed by atoms with Crippen LogP contribution < -0.4 is 5.32 Å². The Morgan fingerprint density at radius 1 is 1.19 bits per heavy atom. The van der Waals surface area contributed by atoms with Gasteiger partial charge in [-0.25, -0.2) is 4.79 Å². The molecule has 2 atom stereocenters. The number of carboxylic acids is 1. The van der Waals surface area contributed by atoms with Gasteiger partial charge in [-0.05, 0) is 73.9 Å². The molecule has 2 N–H and O–H groups in total. The summed E-state index contributed by atoms with van der Waals surface area (Å²) in [4.78, 5) is 24.3. The lowest BCUT2D eigenvalue weighted by Gasteiger charge is -2.29. The van der Waals surface area contributed by atoms with Crippen molar-refractivity contribution in [3.8, 4) is 0 Å². The largest absolute Gasteiger partial charge is 0.481 e. The van der Waals surface area contributed by atoms with Crippen LogP contribution in [-0.4, -0.2) is 36.9 Å². The highest BCUT2D eigenvalue weighted by Crippen LogP contribution is 2.23. The summed E-state index contributed by atoms with van der Waals surface area (Å²) in [6.45, 7) is 12.0. The van der Waals surface area contributed by atoms with Crippen molar-refractivity contribution in [1.82, 2.24) is 5.32 Å². The third kappa shape index (κ3) is 10.1. The smallest absolute Gasteiger partial charge is 0.407 e. The number of carbonyl (C=O) groups is 2. The van der Waals surface area contributed by atoms with Crippen molar-refractivity contribution in [3.05, 3.63) is 33.4 Å². The monoisotopic (exact) mass is 505 g/mol. The molecule has 0 spiro atoms. The molecule has 152 valence electrons. The van der Waals surface area contributed by atoms with Gasteiger partial charge >= 0.3 is 12.1 Å². The van der Waals surface area contributed by atoms with Gasteiger partial charge in [0.2, 0.25) is 0 Å². The molecule has 1 amide bonds. The highest BCUT2D eigenvalue weighted by molar-refractivity contribution is 14.1. The molecule has 0 saturated carbocycles. The summed E-state index contributed by atoms with van der Waals surface area (Å²) in [5, 5.41) is 12.7. The molecule has 0 aliphatic heterocycles. The second-order valence-corrected chi connectivity index (χ2v) is 16.0. The molecule has 0 radical (unpaired) electrons. The zero-order chi connectivity index (χ0) is 20.8. The van der Waals surface area contributed by atoms with Crippen LogP contribution in [0.2, 0.25) is 25.7 Å². The standard InChI is InChI=1S/C20H32INO4Si/c1-20(2,3)26-19(25)22-17(13-14-7-9-15(21)10-8-14)16(18(23)24)11-12-27(4,5)6/h7-10,16-17H,11-13H2,1-6H3,(H,22,25)(H,23,24)/t16-,17?/m0/s1. The molecule has 1 aromatic carbocycles. The van der Waals surface area contributed by atoms with Crippen molar-refractivity contribution < 1.29 is 19.4 Å². The van der Waals surface area contributed by atoms with Gasteiger partial charge < -0.3 is 15.2 Å². The molecule has 0 aliphatic carbocycles. The van der Waals surface area contributed by atoms with E-state index >= 15 is 0 Å². The fourth-order valence-electron chi connectivity index (χ4n) is 2.71. The second kappa shape index (κ2) is 9.91. The number of nitrogens with one attached hydrogen (secondary N) is 1. The van der Waals surface area contributed by atoms with Crippen LogP contribution in [0.3, 0.4) is 0 Å². The minimum Gasteiger partial charge on any atom is -0.481 e. The van der Waals surface area contributed by atoms with Crippen LogP contribution in [0.4, 0.5) is 4.79 Å². The van der Waals surface area contributed by atoms with Crippen molar-refractivity contribution >= 4 is 42.7 Å². The Balaban J connectivity index is 3.02. The predicted molar refractivity (Wildman–Crippen MR) is 120 cm³/mol. The van der Waals surface area contributed by atoms with Gasteiger partial charge in [0.1, 0.15) is 5.60 Å². The maximum Gasteiger partial charge on any atom is 0.407 e. The number of halogens is 1. The van der Waals surface area contributed by atoms with E-state index in [0.29, 0.717) is 12.8 Å². The maximum atomic E-state index is 12.3. The van der Waals surface area contributed by atoms with Crippen LogP contribution >= 0.6 is 22.6 Å². The van der Waals surface area contributed by atoms with E-state index < -0.39 is 37.7 Å². The maximum absolute atomic E-state index is 12.3. The molecule has 0 aromatic heterocycles. The highest BCUT2D eigenvalue weighted by Gasteiger charge is 2.32. The number of hydrogen-bond acceptors (Lipinski definition) is 3. The van der Waals surface area contributed by atoms with Crippen molar-refractivity contribution in [3.63, 3.8) is 0 Å². The van der Waals surface area contributed by atoms with Gasteiger partial charge in [-0.15, -0.1) is 0 Å². The number of rotatable bonds is 8. The molecular formula is C20H32INO4Si. The Bertz CT molecular complexity index is 635. The lowest BCUT2D eigenvalue weighted by molar-refractivity contribution is -0.142. The molecule has 1 aromatic rings. The van der Waals surface area contributed by atoms with E-state index in [1.54, 1.807) is 20.8 Å². The quantitative estimate of drug-likeness (QED) is 0.378. The zero-order valence-corrected chi connectivity index (χ0v) is 20.3. The van der Waals surface area contributed by atoms with Gasteiger partial charge in [0.05, 0.1) is 5.92 Å². The molecule has 0 heterocycles. The molecule has 27 heavy (non-hydrogen) atoms. The van der Waals surface area contributed by atoms with Crippen LogP contribution in [0.5, 0.6) is 0 Å². The molecule has 0 bridgehead atoms. The van der Waals surface area contributed by atoms with Crippen LogP contribution in [0.1, 0.15) is 32.8 Å². The van der Waals surface area contributed by atoms with Gasteiger partial charge in [-0.3, -0.25) is 4.79 Å². The molecule has 0 aliphatic rings. The van der Waals surface area contributed by atoms with Crippen molar-refractivity contribution in [2.24, 2.45) is 5.92 Å². The van der Waals surface area contributed by atoms with Gasteiger partial charge in [0.15, 0.2) is 0 Å². The van der Waals surface area contributed by atoms with Crippen LogP contribution in [0.15, 0.2) is 24.3 Å². The first kappa shape index (κ1) is 23.9. The fourth-order valence-corrected chi connectivity index (χ4v) is 4.25. The first-order valence-corrected chi connectivity index (χ1v) is 14.0. The van der Waals surface area contributed by atoms with E-state index in [0.717, 1.165) is 15.2 Å². The third-order valence-electron chi connectivity index (χ3n) is 4.08. The van der Waals surface area contributed by atoms with E-state index in [1.165, 1.54) is 0 Å².